The Morgan fingerprint density at radius 1 is 0.969 bits per heavy atom. The fourth-order valence-electron chi connectivity index (χ4n) is 3.22. The third kappa shape index (κ3) is 4.90. The van der Waals surface area contributed by atoms with Crippen molar-refractivity contribution >= 4 is 15.9 Å². The van der Waals surface area contributed by atoms with E-state index in [1.54, 1.807) is 37.3 Å². The molecule has 1 aliphatic heterocycles. The van der Waals surface area contributed by atoms with Crippen LogP contribution in [-0.4, -0.2) is 21.1 Å². The molecule has 0 unspecified atom stereocenters. The van der Waals surface area contributed by atoms with Crippen molar-refractivity contribution in [2.45, 2.75) is 24.9 Å². The average Bonchev–Trinajstić information content (AvgIpc) is 3.26. The maximum atomic E-state index is 13.4. The normalized spacial score (nSPS) is 12.6. The van der Waals surface area contributed by atoms with E-state index in [1.165, 1.54) is 30.3 Å². The number of rotatable bonds is 7. The Balaban J connectivity index is 1.41. The van der Waals surface area contributed by atoms with Gasteiger partial charge in [0.2, 0.25) is 16.8 Å². The number of sulfonamides is 1. The molecule has 166 valence electrons. The van der Waals surface area contributed by atoms with Gasteiger partial charge in [-0.15, -0.1) is 0 Å². The highest BCUT2D eigenvalue weighted by Gasteiger charge is 2.18. The number of carbonyl (C=O) groups excluding carboxylic acids is 1. The number of nitrogens with one attached hydrogen (secondary N) is 2. The molecule has 3 aromatic rings. The molecule has 0 atom stereocenters. The molecule has 0 aliphatic carbocycles. The lowest BCUT2D eigenvalue weighted by atomic mass is 10.1. The lowest BCUT2D eigenvalue weighted by molar-refractivity contribution is 0.0950. The summed E-state index contributed by atoms with van der Waals surface area (Å²) >= 11 is 0. The van der Waals surface area contributed by atoms with Gasteiger partial charge in [-0.1, -0.05) is 24.3 Å². The van der Waals surface area contributed by atoms with Gasteiger partial charge >= 0.3 is 0 Å². The molecular weight excluding hydrogens is 435 g/mol. The monoisotopic (exact) mass is 456 g/mol. The van der Waals surface area contributed by atoms with Crippen molar-refractivity contribution in [2.75, 3.05) is 6.79 Å². The highest BCUT2D eigenvalue weighted by Crippen LogP contribution is 2.32. The number of ether oxygens (including phenoxy) is 2. The van der Waals surface area contributed by atoms with Gasteiger partial charge < -0.3 is 14.8 Å². The van der Waals surface area contributed by atoms with Crippen molar-refractivity contribution in [1.82, 2.24) is 10.0 Å². The molecule has 0 radical (unpaired) electrons. The Morgan fingerprint density at radius 3 is 2.53 bits per heavy atom. The summed E-state index contributed by atoms with van der Waals surface area (Å²) in [6.07, 6.45) is 0. The van der Waals surface area contributed by atoms with Gasteiger partial charge in [-0.3, -0.25) is 4.79 Å². The van der Waals surface area contributed by atoms with E-state index in [2.05, 4.69) is 10.0 Å². The summed E-state index contributed by atoms with van der Waals surface area (Å²) in [4.78, 5) is 12.5. The molecule has 7 nitrogen and oxygen atoms in total. The van der Waals surface area contributed by atoms with E-state index in [4.69, 9.17) is 9.47 Å². The molecule has 1 amide bonds. The van der Waals surface area contributed by atoms with E-state index < -0.39 is 15.9 Å². The van der Waals surface area contributed by atoms with Crippen LogP contribution in [0.3, 0.4) is 0 Å². The van der Waals surface area contributed by atoms with Gasteiger partial charge in [-0.05, 0) is 60.0 Å². The third-order valence-electron chi connectivity index (χ3n) is 4.99. The van der Waals surface area contributed by atoms with Gasteiger partial charge in [0.05, 0.1) is 4.90 Å². The minimum atomic E-state index is -3.85. The molecule has 0 aromatic heterocycles. The summed E-state index contributed by atoms with van der Waals surface area (Å²) < 4.78 is 51.9. The van der Waals surface area contributed by atoms with Crippen molar-refractivity contribution in [3.8, 4) is 11.5 Å². The van der Waals surface area contributed by atoms with Crippen LogP contribution < -0.4 is 19.5 Å². The van der Waals surface area contributed by atoms with E-state index >= 15 is 0 Å². The number of fused-ring (bicyclic) bond motifs is 1. The number of carbonyl (C=O) groups is 1. The molecule has 0 spiro atoms. The zero-order valence-electron chi connectivity index (χ0n) is 17.2. The second kappa shape index (κ2) is 8.97. The quantitative estimate of drug-likeness (QED) is 0.569. The Bertz CT molecular complexity index is 1280. The lowest BCUT2D eigenvalue weighted by Crippen LogP contribution is -2.25. The van der Waals surface area contributed by atoms with Gasteiger partial charge in [0.1, 0.15) is 5.82 Å². The highest BCUT2D eigenvalue weighted by atomic mass is 32.2. The van der Waals surface area contributed by atoms with Crippen molar-refractivity contribution in [3.05, 3.63) is 88.7 Å². The number of aryl methyl sites for hydroxylation is 1. The predicted octanol–water partition coefficient (Wildman–Crippen LogP) is 3.27. The third-order valence-corrected chi connectivity index (χ3v) is 6.38. The van der Waals surface area contributed by atoms with Crippen LogP contribution in [0.2, 0.25) is 0 Å². The zero-order chi connectivity index (χ0) is 22.7. The molecule has 4 rings (SSSR count). The van der Waals surface area contributed by atoms with Crippen LogP contribution in [0.15, 0.2) is 65.6 Å². The first-order valence-electron chi connectivity index (χ1n) is 9.83. The fourth-order valence-corrected chi connectivity index (χ4v) is 4.28. The van der Waals surface area contributed by atoms with Crippen LogP contribution in [0.25, 0.3) is 0 Å². The lowest BCUT2D eigenvalue weighted by Gasteiger charge is -2.10. The minimum absolute atomic E-state index is 0.0245. The van der Waals surface area contributed by atoms with E-state index in [0.29, 0.717) is 22.6 Å². The van der Waals surface area contributed by atoms with Gasteiger partial charge in [0.15, 0.2) is 11.5 Å². The van der Waals surface area contributed by atoms with Crippen LogP contribution in [0.1, 0.15) is 27.0 Å². The number of amides is 1. The molecule has 0 fully saturated rings. The Hall–Kier alpha value is -3.43. The smallest absolute Gasteiger partial charge is 0.251 e. The first-order chi connectivity index (χ1) is 15.3. The van der Waals surface area contributed by atoms with E-state index in [0.717, 1.165) is 5.56 Å². The van der Waals surface area contributed by atoms with E-state index in [1.807, 2.05) is 0 Å². The highest BCUT2D eigenvalue weighted by molar-refractivity contribution is 7.89. The van der Waals surface area contributed by atoms with Crippen LogP contribution in [0.5, 0.6) is 11.5 Å². The Morgan fingerprint density at radius 2 is 1.72 bits per heavy atom. The molecule has 2 N–H and O–H groups in total. The standard InChI is InChI=1S/C23H21FN2O5S/c1-15-9-16(5-7-20(15)24)12-25-23(27)18-3-2-4-19(11-18)32(28,29)26-13-17-6-8-21-22(10-17)31-14-30-21/h2-11,26H,12-14H2,1H3,(H,25,27). The van der Waals surface area contributed by atoms with Crippen molar-refractivity contribution in [3.63, 3.8) is 0 Å². The maximum Gasteiger partial charge on any atom is 0.251 e. The number of hydrogen-bond acceptors (Lipinski definition) is 5. The molecule has 3 aromatic carbocycles. The van der Waals surface area contributed by atoms with Crippen molar-refractivity contribution in [2.24, 2.45) is 0 Å². The average molecular weight is 456 g/mol. The van der Waals surface area contributed by atoms with Gasteiger partial charge in [-0.2, -0.15) is 0 Å². The molecule has 0 bridgehead atoms. The summed E-state index contributed by atoms with van der Waals surface area (Å²) in [5.41, 5.74) is 2.14. The minimum Gasteiger partial charge on any atom is -0.454 e. The van der Waals surface area contributed by atoms with Crippen molar-refractivity contribution in [1.29, 1.82) is 0 Å². The fraction of sp³-hybridized carbons (Fsp3) is 0.174. The first-order valence-corrected chi connectivity index (χ1v) is 11.3. The van der Waals surface area contributed by atoms with Gasteiger partial charge in [-0.25, -0.2) is 17.5 Å². The number of hydrogen-bond donors (Lipinski definition) is 2. The van der Waals surface area contributed by atoms with Crippen LogP contribution >= 0.6 is 0 Å². The van der Waals surface area contributed by atoms with E-state index in [-0.39, 0.29) is 36.2 Å². The SMILES string of the molecule is Cc1cc(CNC(=O)c2cccc(S(=O)(=O)NCc3ccc4c(c3)OCO4)c2)ccc1F. The van der Waals surface area contributed by atoms with Crippen LogP contribution in [-0.2, 0) is 23.1 Å². The molecule has 1 aliphatic rings. The van der Waals surface area contributed by atoms with Gasteiger partial charge in [0, 0.05) is 18.7 Å². The molecule has 0 saturated carbocycles. The van der Waals surface area contributed by atoms with Crippen molar-refractivity contribution < 1.29 is 27.1 Å². The second-order valence-corrected chi connectivity index (χ2v) is 9.07. The Kier molecular flexibility index (Phi) is 6.11. The number of benzene rings is 3. The maximum absolute atomic E-state index is 13.4. The molecular formula is C23H21FN2O5S. The first kappa shape index (κ1) is 21.8. The molecule has 1 heterocycles. The zero-order valence-corrected chi connectivity index (χ0v) is 18.0. The van der Waals surface area contributed by atoms with Crippen LogP contribution in [0, 0.1) is 12.7 Å². The number of halogens is 1. The largest absolute Gasteiger partial charge is 0.454 e. The van der Waals surface area contributed by atoms with E-state index in [9.17, 15) is 17.6 Å². The topological polar surface area (TPSA) is 93.7 Å². The molecule has 32 heavy (non-hydrogen) atoms. The summed E-state index contributed by atoms with van der Waals surface area (Å²) in [5.74, 6) is 0.439. The summed E-state index contributed by atoms with van der Waals surface area (Å²) in [5, 5.41) is 2.72. The predicted molar refractivity (Wildman–Crippen MR) is 115 cm³/mol. The summed E-state index contributed by atoms with van der Waals surface area (Å²) in [6, 6.07) is 15.5. The second-order valence-electron chi connectivity index (χ2n) is 7.31. The summed E-state index contributed by atoms with van der Waals surface area (Å²) in [6.45, 7) is 2.03. The van der Waals surface area contributed by atoms with Gasteiger partial charge in [0.25, 0.3) is 5.91 Å². The van der Waals surface area contributed by atoms with Crippen LogP contribution in [0.4, 0.5) is 4.39 Å². The summed E-state index contributed by atoms with van der Waals surface area (Å²) in [7, 11) is -3.85. The molecule has 0 saturated heterocycles. The molecule has 9 heteroatoms. The Labute approximate surface area is 185 Å².